The van der Waals surface area contributed by atoms with Gasteiger partial charge in [-0.1, -0.05) is 11.3 Å². The third kappa shape index (κ3) is 3.59. The van der Waals surface area contributed by atoms with Crippen molar-refractivity contribution in [2.24, 2.45) is 0 Å². The lowest BCUT2D eigenvalue weighted by molar-refractivity contribution is -0.119. The number of hydrogen-bond acceptors (Lipinski definition) is 6. The Morgan fingerprint density at radius 2 is 2.04 bits per heavy atom. The molecule has 0 radical (unpaired) electrons. The molecule has 4 rings (SSSR count). The van der Waals surface area contributed by atoms with Crippen molar-refractivity contribution in [3.05, 3.63) is 54.2 Å². The summed E-state index contributed by atoms with van der Waals surface area (Å²) in [7, 11) is 0. The van der Waals surface area contributed by atoms with E-state index in [1.54, 1.807) is 24.3 Å². The number of carbonyl (C=O) groups is 2. The molecule has 9 heteroatoms. The van der Waals surface area contributed by atoms with Crippen LogP contribution in [0.25, 0.3) is 10.6 Å². The van der Waals surface area contributed by atoms with Crippen LogP contribution in [0.15, 0.2) is 47.1 Å². The number of aromatic nitrogens is 2. The Morgan fingerprint density at radius 3 is 2.78 bits per heavy atom. The molecule has 0 saturated carbocycles. The van der Waals surface area contributed by atoms with Crippen molar-refractivity contribution in [3.63, 3.8) is 0 Å². The average Bonchev–Trinajstić information content (AvgIpc) is 3.42. The number of halogens is 1. The monoisotopic (exact) mass is 386 g/mol. The number of hydrogen-bond donors (Lipinski definition) is 1. The lowest BCUT2D eigenvalue weighted by Crippen LogP contribution is -2.43. The van der Waals surface area contributed by atoms with E-state index in [1.807, 2.05) is 0 Å². The topological polar surface area (TPSA) is 88.3 Å². The lowest BCUT2D eigenvalue weighted by Gasteiger charge is -2.22. The number of furan rings is 1. The minimum Gasteiger partial charge on any atom is -0.459 e. The summed E-state index contributed by atoms with van der Waals surface area (Å²) in [5.74, 6) is -0.736. The Kier molecular flexibility index (Phi) is 4.68. The number of carbonyl (C=O) groups excluding carboxylic acids is 2. The number of likely N-dealkylation sites (tertiary alicyclic amines) is 1. The van der Waals surface area contributed by atoms with Crippen molar-refractivity contribution < 1.29 is 18.4 Å². The molecule has 1 unspecified atom stereocenters. The van der Waals surface area contributed by atoms with Gasteiger partial charge in [0.05, 0.1) is 6.26 Å². The summed E-state index contributed by atoms with van der Waals surface area (Å²) in [6.07, 6.45) is 2.74. The zero-order valence-corrected chi connectivity index (χ0v) is 14.9. The molecule has 27 heavy (non-hydrogen) atoms. The van der Waals surface area contributed by atoms with Gasteiger partial charge in [-0.3, -0.25) is 14.9 Å². The van der Waals surface area contributed by atoms with E-state index in [2.05, 4.69) is 15.5 Å². The second-order valence-electron chi connectivity index (χ2n) is 6.04. The van der Waals surface area contributed by atoms with Gasteiger partial charge in [-0.05, 0) is 49.2 Å². The first kappa shape index (κ1) is 17.3. The van der Waals surface area contributed by atoms with E-state index in [-0.39, 0.29) is 23.4 Å². The highest BCUT2D eigenvalue weighted by Crippen LogP contribution is 2.28. The van der Waals surface area contributed by atoms with Crippen LogP contribution >= 0.6 is 11.3 Å². The van der Waals surface area contributed by atoms with Crippen molar-refractivity contribution in [1.82, 2.24) is 15.1 Å². The molecule has 7 nitrogen and oxygen atoms in total. The van der Waals surface area contributed by atoms with Crippen LogP contribution in [0.4, 0.5) is 9.52 Å². The van der Waals surface area contributed by atoms with Crippen LogP contribution in [-0.4, -0.2) is 39.5 Å². The standard InChI is InChI=1S/C18H15FN4O3S/c19-12-7-5-11(6-8-12)16-21-22-18(27-16)20-15(24)13-3-1-9-23(13)17(25)14-4-2-10-26-14/h2,4-8,10,13H,1,3,9H2,(H,20,22,24). The first-order valence-corrected chi connectivity index (χ1v) is 9.18. The summed E-state index contributed by atoms with van der Waals surface area (Å²) >= 11 is 1.19. The average molecular weight is 386 g/mol. The number of rotatable bonds is 4. The molecule has 138 valence electrons. The molecule has 1 aliphatic rings. The van der Waals surface area contributed by atoms with Gasteiger partial charge in [-0.25, -0.2) is 4.39 Å². The molecule has 1 aromatic carbocycles. The van der Waals surface area contributed by atoms with Crippen molar-refractivity contribution >= 4 is 28.3 Å². The van der Waals surface area contributed by atoms with Crippen LogP contribution in [0.1, 0.15) is 23.4 Å². The van der Waals surface area contributed by atoms with Gasteiger partial charge < -0.3 is 9.32 Å². The van der Waals surface area contributed by atoms with E-state index < -0.39 is 6.04 Å². The summed E-state index contributed by atoms with van der Waals surface area (Å²) in [4.78, 5) is 26.6. The normalized spacial score (nSPS) is 16.5. The Labute approximate surface area is 157 Å². The molecule has 3 aromatic rings. The number of nitrogens with one attached hydrogen (secondary N) is 1. The Hall–Kier alpha value is -3.07. The second-order valence-corrected chi connectivity index (χ2v) is 7.02. The first-order chi connectivity index (χ1) is 13.1. The molecule has 1 aliphatic heterocycles. The van der Waals surface area contributed by atoms with Gasteiger partial charge in [-0.15, -0.1) is 10.2 Å². The zero-order chi connectivity index (χ0) is 18.8. The molecular formula is C18H15FN4O3S. The van der Waals surface area contributed by atoms with Crippen molar-refractivity contribution in [2.75, 3.05) is 11.9 Å². The minimum absolute atomic E-state index is 0.212. The summed E-state index contributed by atoms with van der Waals surface area (Å²) in [6.45, 7) is 0.495. The largest absolute Gasteiger partial charge is 0.459 e. The quantitative estimate of drug-likeness (QED) is 0.744. The maximum Gasteiger partial charge on any atom is 0.290 e. The molecule has 1 saturated heterocycles. The van der Waals surface area contributed by atoms with Crippen LogP contribution < -0.4 is 5.32 Å². The number of benzene rings is 1. The molecule has 1 N–H and O–H groups in total. The Morgan fingerprint density at radius 1 is 1.22 bits per heavy atom. The van der Waals surface area contributed by atoms with E-state index in [9.17, 15) is 14.0 Å². The maximum absolute atomic E-state index is 13.0. The lowest BCUT2D eigenvalue weighted by atomic mass is 10.2. The Balaban J connectivity index is 1.46. The maximum atomic E-state index is 13.0. The third-order valence-corrected chi connectivity index (χ3v) is 5.18. The van der Waals surface area contributed by atoms with Crippen LogP contribution in [-0.2, 0) is 4.79 Å². The van der Waals surface area contributed by atoms with Crippen molar-refractivity contribution in [3.8, 4) is 10.6 Å². The SMILES string of the molecule is O=C(Nc1nnc(-c2ccc(F)cc2)s1)C1CCCN1C(=O)c1ccco1. The number of nitrogens with zero attached hydrogens (tertiary/aromatic N) is 3. The van der Waals surface area contributed by atoms with Crippen molar-refractivity contribution in [1.29, 1.82) is 0 Å². The van der Waals surface area contributed by atoms with Gasteiger partial charge in [0.15, 0.2) is 5.76 Å². The smallest absolute Gasteiger partial charge is 0.290 e. The molecule has 0 bridgehead atoms. The van der Waals surface area contributed by atoms with E-state index in [0.717, 1.165) is 6.42 Å². The fourth-order valence-corrected chi connectivity index (χ4v) is 3.75. The van der Waals surface area contributed by atoms with E-state index in [0.29, 0.717) is 28.7 Å². The molecule has 1 fully saturated rings. The zero-order valence-electron chi connectivity index (χ0n) is 14.1. The molecule has 1 atom stereocenters. The minimum atomic E-state index is -0.583. The van der Waals surface area contributed by atoms with Crippen LogP contribution in [0, 0.1) is 5.82 Å². The highest BCUT2D eigenvalue weighted by atomic mass is 32.1. The van der Waals surface area contributed by atoms with Gasteiger partial charge in [0, 0.05) is 12.1 Å². The summed E-state index contributed by atoms with van der Waals surface area (Å²) in [6, 6.07) is 8.51. The fourth-order valence-electron chi connectivity index (χ4n) is 3.00. The first-order valence-electron chi connectivity index (χ1n) is 8.36. The number of amides is 2. The number of anilines is 1. The predicted octanol–water partition coefficient (Wildman–Crippen LogP) is 3.18. The molecule has 3 heterocycles. The second kappa shape index (κ2) is 7.28. The summed E-state index contributed by atoms with van der Waals surface area (Å²) < 4.78 is 18.2. The third-order valence-electron chi connectivity index (χ3n) is 4.29. The van der Waals surface area contributed by atoms with Crippen LogP contribution in [0.5, 0.6) is 0 Å². The van der Waals surface area contributed by atoms with Gasteiger partial charge in [0.25, 0.3) is 5.91 Å². The predicted molar refractivity (Wildman–Crippen MR) is 96.7 cm³/mol. The van der Waals surface area contributed by atoms with Crippen LogP contribution in [0.3, 0.4) is 0 Å². The van der Waals surface area contributed by atoms with Crippen molar-refractivity contribution in [2.45, 2.75) is 18.9 Å². The molecule has 2 aromatic heterocycles. The van der Waals surface area contributed by atoms with E-state index in [4.69, 9.17) is 4.42 Å². The highest BCUT2D eigenvalue weighted by Gasteiger charge is 2.35. The van der Waals surface area contributed by atoms with Gasteiger partial charge in [0.1, 0.15) is 16.9 Å². The van der Waals surface area contributed by atoms with E-state index >= 15 is 0 Å². The Bertz CT molecular complexity index is 955. The van der Waals surface area contributed by atoms with E-state index in [1.165, 1.54) is 34.6 Å². The van der Waals surface area contributed by atoms with Gasteiger partial charge in [0.2, 0.25) is 11.0 Å². The summed E-state index contributed by atoms with van der Waals surface area (Å²) in [5, 5.41) is 11.6. The summed E-state index contributed by atoms with van der Waals surface area (Å²) in [5.41, 5.74) is 0.713. The molecule has 2 amide bonds. The van der Waals surface area contributed by atoms with Gasteiger partial charge >= 0.3 is 0 Å². The molecule has 0 spiro atoms. The fraction of sp³-hybridized carbons (Fsp3) is 0.222. The molecular weight excluding hydrogens is 371 g/mol. The van der Waals surface area contributed by atoms with Gasteiger partial charge in [-0.2, -0.15) is 0 Å². The highest BCUT2D eigenvalue weighted by molar-refractivity contribution is 7.18. The van der Waals surface area contributed by atoms with Crippen LogP contribution in [0.2, 0.25) is 0 Å². The molecule has 0 aliphatic carbocycles.